The van der Waals surface area contributed by atoms with E-state index in [4.69, 9.17) is 13.3 Å². The lowest BCUT2D eigenvalue weighted by molar-refractivity contribution is -0.0672. The van der Waals surface area contributed by atoms with E-state index in [2.05, 4.69) is 84.9 Å². The minimum absolute atomic E-state index is 0.240. The molecule has 194 valence electrons. The molecule has 0 unspecified atom stereocenters. The molecule has 2 saturated carbocycles. The third-order valence-corrected chi connectivity index (χ3v) is 11.9. The fourth-order valence-corrected chi connectivity index (χ4v) is 11.1. The lowest BCUT2D eigenvalue weighted by atomic mass is 9.48. The average Bonchev–Trinajstić information content (AvgIpc) is 2.90. The van der Waals surface area contributed by atoms with Crippen LogP contribution in [0.2, 0.25) is 58.9 Å². The molecule has 6 heteroatoms. The molecule has 0 aliphatic heterocycles. The second kappa shape index (κ2) is 8.71. The van der Waals surface area contributed by atoms with Crippen LogP contribution in [0.3, 0.4) is 0 Å². The molecule has 3 nitrogen and oxygen atoms in total. The summed E-state index contributed by atoms with van der Waals surface area (Å²) in [7, 11) is -4.88. The van der Waals surface area contributed by atoms with Gasteiger partial charge in [0.2, 0.25) is 8.32 Å². The van der Waals surface area contributed by atoms with Crippen LogP contribution in [0.15, 0.2) is 23.5 Å². The van der Waals surface area contributed by atoms with E-state index in [-0.39, 0.29) is 17.6 Å². The summed E-state index contributed by atoms with van der Waals surface area (Å²) in [5.74, 6) is 3.47. The highest BCUT2D eigenvalue weighted by Crippen LogP contribution is 2.65. The Hall–Kier alpha value is -0.149. The number of hydrogen-bond acceptors (Lipinski definition) is 3. The van der Waals surface area contributed by atoms with Crippen molar-refractivity contribution < 1.29 is 13.3 Å². The standard InChI is InChI=1S/C28H52O3Si3/c1-27-16-14-21(29-32(3,4)5)18-20(27)12-13-22-23(27)15-17-28(2)24(22)19-25(30-33(6,7)8)26(28)31-34(9,10)11/h12,18,22-26H,13-17,19H2,1-11H3/t22-,23+,24+,25-,26+,27+,28+/m1/s1. The van der Waals surface area contributed by atoms with Crippen molar-refractivity contribution in [3.05, 3.63) is 23.5 Å². The second-order valence-electron chi connectivity index (χ2n) is 15.2. The molecule has 2 fully saturated rings. The van der Waals surface area contributed by atoms with Gasteiger partial charge in [0.05, 0.1) is 18.0 Å². The first-order valence-electron chi connectivity index (χ1n) is 13.9. The first-order valence-corrected chi connectivity index (χ1v) is 24.1. The first-order chi connectivity index (χ1) is 15.4. The highest BCUT2D eigenvalue weighted by molar-refractivity contribution is 6.70. The van der Waals surface area contributed by atoms with E-state index >= 15 is 0 Å². The first kappa shape index (κ1) is 26.9. The van der Waals surface area contributed by atoms with E-state index in [0.29, 0.717) is 11.3 Å². The van der Waals surface area contributed by atoms with E-state index in [1.54, 1.807) is 5.57 Å². The van der Waals surface area contributed by atoms with E-state index < -0.39 is 25.0 Å². The molecule has 4 rings (SSSR count). The summed E-state index contributed by atoms with van der Waals surface area (Å²) in [4.78, 5) is 0. The zero-order chi connectivity index (χ0) is 25.3. The highest BCUT2D eigenvalue weighted by atomic mass is 28.4. The maximum atomic E-state index is 7.00. The molecule has 4 aliphatic carbocycles. The third-order valence-electron chi connectivity index (χ3n) is 9.07. The van der Waals surface area contributed by atoms with Gasteiger partial charge in [-0.1, -0.05) is 19.9 Å². The zero-order valence-corrected chi connectivity index (χ0v) is 27.0. The summed E-state index contributed by atoms with van der Waals surface area (Å²) < 4.78 is 20.3. The molecule has 0 aromatic carbocycles. The Morgan fingerprint density at radius 2 is 1.47 bits per heavy atom. The highest BCUT2D eigenvalue weighted by Gasteiger charge is 2.62. The van der Waals surface area contributed by atoms with Crippen molar-refractivity contribution in [3.63, 3.8) is 0 Å². The Labute approximate surface area is 213 Å². The van der Waals surface area contributed by atoms with Gasteiger partial charge in [0, 0.05) is 6.42 Å². The van der Waals surface area contributed by atoms with Crippen molar-refractivity contribution >= 4 is 25.0 Å². The van der Waals surface area contributed by atoms with E-state index in [0.717, 1.165) is 18.3 Å². The maximum Gasteiger partial charge on any atom is 0.241 e. The van der Waals surface area contributed by atoms with Crippen LogP contribution in [-0.4, -0.2) is 37.2 Å². The quantitative estimate of drug-likeness (QED) is 0.329. The fraction of sp³-hybridized carbons (Fsp3) is 0.857. The lowest BCUT2D eigenvalue weighted by Crippen LogP contribution is -2.53. The second-order valence-corrected chi connectivity index (χ2v) is 28.6. The number of fused-ring (bicyclic) bond motifs is 5. The predicted molar refractivity (Wildman–Crippen MR) is 151 cm³/mol. The normalized spacial score (nSPS) is 40.6. The van der Waals surface area contributed by atoms with Gasteiger partial charge in [-0.15, -0.1) is 0 Å². The van der Waals surface area contributed by atoms with Crippen molar-refractivity contribution in [2.24, 2.45) is 28.6 Å². The van der Waals surface area contributed by atoms with E-state index in [1.165, 1.54) is 37.9 Å². The molecular weight excluding hydrogens is 469 g/mol. The Kier molecular flexibility index (Phi) is 6.89. The summed E-state index contributed by atoms with van der Waals surface area (Å²) in [6, 6.07) is 0. The Morgan fingerprint density at radius 1 is 0.824 bits per heavy atom. The largest absolute Gasteiger partial charge is 0.547 e. The summed E-state index contributed by atoms with van der Waals surface area (Å²) in [6.07, 6.45) is 12.9. The van der Waals surface area contributed by atoms with Crippen molar-refractivity contribution in [1.82, 2.24) is 0 Å². The molecular formula is C28H52O3Si3. The Bertz CT molecular complexity index is 846. The molecule has 0 bridgehead atoms. The third kappa shape index (κ3) is 5.27. The topological polar surface area (TPSA) is 27.7 Å². The SMILES string of the molecule is C[C@]12CC[C@H]3[C@@H](CC=C4C=C(O[Si](C)(C)C)CC[C@@]43C)[C@@H]1C[C@@H](O[Si](C)(C)C)[C@@H]2O[Si](C)(C)C. The molecule has 4 aliphatic rings. The molecule has 34 heavy (non-hydrogen) atoms. The van der Waals surface area contributed by atoms with Gasteiger partial charge in [0.1, 0.15) is 0 Å². The molecule has 0 N–H and O–H groups in total. The average molecular weight is 521 g/mol. The van der Waals surface area contributed by atoms with Gasteiger partial charge in [-0.25, -0.2) is 0 Å². The zero-order valence-electron chi connectivity index (χ0n) is 24.0. The van der Waals surface area contributed by atoms with Crippen molar-refractivity contribution in [2.75, 3.05) is 0 Å². The Morgan fingerprint density at radius 3 is 2.06 bits per heavy atom. The van der Waals surface area contributed by atoms with Gasteiger partial charge in [-0.2, -0.15) is 0 Å². The minimum Gasteiger partial charge on any atom is -0.547 e. The lowest BCUT2D eigenvalue weighted by Gasteiger charge is -2.57. The molecule has 0 saturated heterocycles. The van der Waals surface area contributed by atoms with Crippen molar-refractivity contribution in [3.8, 4) is 0 Å². The predicted octanol–water partition coefficient (Wildman–Crippen LogP) is 8.34. The number of rotatable bonds is 6. The number of hydrogen-bond donors (Lipinski definition) is 0. The van der Waals surface area contributed by atoms with Gasteiger partial charge in [0.25, 0.3) is 0 Å². The summed E-state index contributed by atoms with van der Waals surface area (Å²) in [5.41, 5.74) is 2.10. The van der Waals surface area contributed by atoms with Crippen LogP contribution in [0, 0.1) is 28.6 Å². The smallest absolute Gasteiger partial charge is 0.241 e. The molecule has 0 radical (unpaired) electrons. The molecule has 0 aromatic rings. The number of allylic oxidation sites excluding steroid dienone is 4. The van der Waals surface area contributed by atoms with Crippen LogP contribution < -0.4 is 0 Å². The fourth-order valence-electron chi connectivity index (χ4n) is 7.87. The van der Waals surface area contributed by atoms with Gasteiger partial charge >= 0.3 is 0 Å². The van der Waals surface area contributed by atoms with Gasteiger partial charge in [-0.3, -0.25) is 0 Å². The van der Waals surface area contributed by atoms with Crippen LogP contribution in [0.1, 0.15) is 52.4 Å². The van der Waals surface area contributed by atoms with Crippen LogP contribution in [0.25, 0.3) is 0 Å². The summed E-state index contributed by atoms with van der Waals surface area (Å²) in [6.45, 7) is 26.1. The Balaban J connectivity index is 1.64. The molecule has 0 aromatic heterocycles. The monoisotopic (exact) mass is 520 g/mol. The van der Waals surface area contributed by atoms with Crippen LogP contribution in [0.5, 0.6) is 0 Å². The van der Waals surface area contributed by atoms with Gasteiger partial charge in [0.15, 0.2) is 16.6 Å². The molecule has 0 amide bonds. The van der Waals surface area contributed by atoms with Crippen LogP contribution >= 0.6 is 0 Å². The molecule has 7 atom stereocenters. The summed E-state index contributed by atoms with van der Waals surface area (Å²) >= 11 is 0. The van der Waals surface area contributed by atoms with Gasteiger partial charge < -0.3 is 13.3 Å². The van der Waals surface area contributed by atoms with Crippen LogP contribution in [-0.2, 0) is 13.3 Å². The minimum atomic E-state index is -1.67. The van der Waals surface area contributed by atoms with E-state index in [9.17, 15) is 0 Å². The van der Waals surface area contributed by atoms with Crippen molar-refractivity contribution in [2.45, 2.75) is 124 Å². The van der Waals surface area contributed by atoms with Gasteiger partial charge in [-0.05, 0) is 131 Å². The van der Waals surface area contributed by atoms with E-state index in [1.807, 2.05) is 0 Å². The molecule has 0 spiro atoms. The van der Waals surface area contributed by atoms with Crippen molar-refractivity contribution in [1.29, 1.82) is 0 Å². The van der Waals surface area contributed by atoms with Crippen LogP contribution in [0.4, 0.5) is 0 Å². The summed E-state index contributed by atoms with van der Waals surface area (Å²) in [5, 5.41) is 0. The maximum absolute atomic E-state index is 7.00. The molecule has 0 heterocycles.